The fourth-order valence-corrected chi connectivity index (χ4v) is 1.78. The summed E-state index contributed by atoms with van der Waals surface area (Å²) in [5.74, 6) is -0.847. The molecular formula is C17H23NO4. The molecule has 1 atom stereocenters. The van der Waals surface area contributed by atoms with Crippen LogP contribution in [-0.4, -0.2) is 29.6 Å². The fraction of sp³-hybridized carbons (Fsp3) is 0.412. The van der Waals surface area contributed by atoms with Crippen LogP contribution in [0.25, 0.3) is 6.08 Å². The third kappa shape index (κ3) is 5.99. The molecule has 2 N–H and O–H groups in total. The largest absolute Gasteiger partial charge is 0.494 e. The molecule has 22 heavy (non-hydrogen) atoms. The van der Waals surface area contributed by atoms with Gasteiger partial charge in [-0.1, -0.05) is 32.9 Å². The second kappa shape index (κ2) is 8.87. The lowest BCUT2D eigenvalue weighted by molar-refractivity contribution is -0.142. The molecule has 0 unspecified atom stereocenters. The molecule has 5 heteroatoms. The number of hydrogen-bond donors (Lipinski definition) is 2. The molecule has 120 valence electrons. The molecule has 0 bridgehead atoms. The molecule has 0 aromatic heterocycles. The van der Waals surface area contributed by atoms with Crippen molar-refractivity contribution in [1.29, 1.82) is 0 Å². The first-order valence-electron chi connectivity index (χ1n) is 7.38. The maximum atomic E-state index is 11.8. The molecule has 0 heterocycles. The number of rotatable bonds is 8. The van der Waals surface area contributed by atoms with Crippen LogP contribution in [0.5, 0.6) is 5.75 Å². The molecule has 0 fully saturated rings. The minimum absolute atomic E-state index is 0.176. The van der Waals surface area contributed by atoms with Crippen LogP contribution in [-0.2, 0) is 9.59 Å². The van der Waals surface area contributed by atoms with Gasteiger partial charge < -0.3 is 15.2 Å². The van der Waals surface area contributed by atoms with Gasteiger partial charge in [-0.25, -0.2) is 4.79 Å². The molecule has 1 aromatic carbocycles. The summed E-state index contributed by atoms with van der Waals surface area (Å²) in [5.41, 5.74) is 0.843. The van der Waals surface area contributed by atoms with Crippen molar-refractivity contribution in [3.8, 4) is 5.75 Å². The summed E-state index contributed by atoms with van der Waals surface area (Å²) in [6.45, 7) is 6.20. The van der Waals surface area contributed by atoms with Gasteiger partial charge in [-0.05, 0) is 36.1 Å². The van der Waals surface area contributed by atoms with Gasteiger partial charge in [-0.2, -0.15) is 0 Å². The van der Waals surface area contributed by atoms with Crippen LogP contribution in [0.4, 0.5) is 0 Å². The van der Waals surface area contributed by atoms with Crippen LogP contribution in [0.15, 0.2) is 30.3 Å². The number of carboxylic acids is 1. The van der Waals surface area contributed by atoms with E-state index in [1.807, 2.05) is 31.2 Å². The van der Waals surface area contributed by atoms with Crippen molar-refractivity contribution in [2.24, 2.45) is 5.92 Å². The van der Waals surface area contributed by atoms with E-state index in [0.29, 0.717) is 6.61 Å². The van der Waals surface area contributed by atoms with E-state index in [0.717, 1.165) is 17.7 Å². The number of benzene rings is 1. The number of ether oxygens (including phenoxy) is 1. The maximum Gasteiger partial charge on any atom is 0.326 e. The average molecular weight is 305 g/mol. The third-order valence-corrected chi connectivity index (χ3v) is 3.01. The number of nitrogens with one attached hydrogen (secondary N) is 1. The molecule has 0 aliphatic heterocycles. The van der Waals surface area contributed by atoms with Crippen molar-refractivity contribution in [1.82, 2.24) is 5.32 Å². The Morgan fingerprint density at radius 3 is 2.41 bits per heavy atom. The first kappa shape index (κ1) is 17.8. The maximum absolute atomic E-state index is 11.8. The summed E-state index contributed by atoms with van der Waals surface area (Å²) in [5, 5.41) is 11.5. The minimum Gasteiger partial charge on any atom is -0.494 e. The standard InChI is InChI=1S/C17H23NO4/c1-4-11-22-14-8-5-13(6-9-14)7-10-15(19)18-16(12(2)3)17(20)21/h5-10,12,16H,4,11H2,1-3H3,(H,18,19)(H,20,21)/b10-7+/t16-/m1/s1. The summed E-state index contributed by atoms with van der Waals surface area (Å²) in [4.78, 5) is 22.8. The van der Waals surface area contributed by atoms with Gasteiger partial charge in [-0.15, -0.1) is 0 Å². The fourth-order valence-electron chi connectivity index (χ4n) is 1.78. The van der Waals surface area contributed by atoms with Crippen LogP contribution in [0, 0.1) is 5.92 Å². The van der Waals surface area contributed by atoms with E-state index in [4.69, 9.17) is 9.84 Å². The molecule has 0 aliphatic rings. The Balaban J connectivity index is 2.59. The molecule has 0 spiro atoms. The molecule has 0 saturated heterocycles. The summed E-state index contributed by atoms with van der Waals surface area (Å²) >= 11 is 0. The number of amides is 1. The number of hydrogen-bond acceptors (Lipinski definition) is 3. The van der Waals surface area contributed by atoms with Crippen molar-refractivity contribution >= 4 is 18.0 Å². The molecule has 5 nitrogen and oxygen atoms in total. The van der Waals surface area contributed by atoms with E-state index in [-0.39, 0.29) is 5.92 Å². The summed E-state index contributed by atoms with van der Waals surface area (Å²) < 4.78 is 5.47. The Labute approximate surface area is 131 Å². The second-order valence-corrected chi connectivity index (χ2v) is 5.32. The lowest BCUT2D eigenvalue weighted by atomic mass is 10.0. The smallest absolute Gasteiger partial charge is 0.326 e. The molecule has 0 aliphatic carbocycles. The second-order valence-electron chi connectivity index (χ2n) is 5.32. The quantitative estimate of drug-likeness (QED) is 0.724. The van der Waals surface area contributed by atoms with Gasteiger partial charge in [0.15, 0.2) is 0 Å². The molecule has 1 rings (SSSR count). The van der Waals surface area contributed by atoms with Gasteiger partial charge in [0.2, 0.25) is 5.91 Å². The van der Waals surface area contributed by atoms with Gasteiger partial charge >= 0.3 is 5.97 Å². The van der Waals surface area contributed by atoms with Crippen LogP contribution >= 0.6 is 0 Å². The first-order chi connectivity index (χ1) is 10.4. The lowest BCUT2D eigenvalue weighted by Gasteiger charge is -2.16. The van der Waals surface area contributed by atoms with E-state index in [1.54, 1.807) is 19.9 Å². The zero-order valence-electron chi connectivity index (χ0n) is 13.2. The van der Waals surface area contributed by atoms with Crippen LogP contribution < -0.4 is 10.1 Å². The Hall–Kier alpha value is -2.30. The van der Waals surface area contributed by atoms with Crippen LogP contribution in [0.2, 0.25) is 0 Å². The van der Waals surface area contributed by atoms with Crippen molar-refractivity contribution in [3.05, 3.63) is 35.9 Å². The Bertz CT molecular complexity index is 520. The lowest BCUT2D eigenvalue weighted by Crippen LogP contribution is -2.43. The first-order valence-corrected chi connectivity index (χ1v) is 7.38. The van der Waals surface area contributed by atoms with Crippen LogP contribution in [0.1, 0.15) is 32.8 Å². The minimum atomic E-state index is -1.03. The highest BCUT2D eigenvalue weighted by atomic mass is 16.5. The SMILES string of the molecule is CCCOc1ccc(/C=C/C(=O)N[C@@H](C(=O)O)C(C)C)cc1. The summed E-state index contributed by atoms with van der Waals surface area (Å²) in [6.07, 6.45) is 3.92. The van der Waals surface area contributed by atoms with E-state index >= 15 is 0 Å². The van der Waals surface area contributed by atoms with E-state index in [1.165, 1.54) is 6.08 Å². The zero-order chi connectivity index (χ0) is 16.5. The van der Waals surface area contributed by atoms with Gasteiger partial charge in [-0.3, -0.25) is 4.79 Å². The van der Waals surface area contributed by atoms with Gasteiger partial charge in [0.05, 0.1) is 6.61 Å². The van der Waals surface area contributed by atoms with Gasteiger partial charge in [0.1, 0.15) is 11.8 Å². The Kier molecular flexibility index (Phi) is 7.16. The molecule has 1 amide bonds. The van der Waals surface area contributed by atoms with E-state index < -0.39 is 17.9 Å². The number of carbonyl (C=O) groups excluding carboxylic acids is 1. The highest BCUT2D eigenvalue weighted by molar-refractivity contribution is 5.94. The molecule has 1 aromatic rings. The van der Waals surface area contributed by atoms with Gasteiger partial charge in [0, 0.05) is 6.08 Å². The van der Waals surface area contributed by atoms with Crippen molar-refractivity contribution in [3.63, 3.8) is 0 Å². The Morgan fingerprint density at radius 2 is 1.91 bits per heavy atom. The summed E-state index contributed by atoms with van der Waals surface area (Å²) in [7, 11) is 0. The Morgan fingerprint density at radius 1 is 1.27 bits per heavy atom. The van der Waals surface area contributed by atoms with E-state index in [2.05, 4.69) is 5.32 Å². The van der Waals surface area contributed by atoms with Crippen molar-refractivity contribution < 1.29 is 19.4 Å². The third-order valence-electron chi connectivity index (χ3n) is 3.01. The predicted molar refractivity (Wildman–Crippen MR) is 85.7 cm³/mol. The average Bonchev–Trinajstić information content (AvgIpc) is 2.49. The van der Waals surface area contributed by atoms with Crippen molar-refractivity contribution in [2.75, 3.05) is 6.61 Å². The molecule has 0 radical (unpaired) electrons. The summed E-state index contributed by atoms with van der Waals surface area (Å²) in [6, 6.07) is 6.46. The normalized spacial score (nSPS) is 12.4. The monoisotopic (exact) mass is 305 g/mol. The molecular weight excluding hydrogens is 282 g/mol. The zero-order valence-corrected chi connectivity index (χ0v) is 13.2. The van der Waals surface area contributed by atoms with Gasteiger partial charge in [0.25, 0.3) is 0 Å². The number of aliphatic carboxylic acids is 1. The predicted octanol–water partition coefficient (Wildman–Crippen LogP) is 2.71. The topological polar surface area (TPSA) is 75.6 Å². The number of carboxylic acid groups (broad SMARTS) is 1. The highest BCUT2D eigenvalue weighted by Crippen LogP contribution is 2.13. The van der Waals surface area contributed by atoms with E-state index in [9.17, 15) is 9.59 Å². The number of carbonyl (C=O) groups is 2. The highest BCUT2D eigenvalue weighted by Gasteiger charge is 2.22. The van der Waals surface area contributed by atoms with Crippen molar-refractivity contribution in [2.45, 2.75) is 33.2 Å². The molecule has 0 saturated carbocycles. The van der Waals surface area contributed by atoms with Crippen LogP contribution in [0.3, 0.4) is 0 Å².